The normalized spacial score (nSPS) is 13.6. The Kier molecular flexibility index (Phi) is 4.48. The van der Waals surface area contributed by atoms with Gasteiger partial charge in [-0.3, -0.25) is 0 Å². The predicted octanol–water partition coefficient (Wildman–Crippen LogP) is 1.71. The molecule has 0 spiro atoms. The molecule has 0 heterocycles. The van der Waals surface area contributed by atoms with Crippen LogP contribution in [0.4, 0.5) is 0 Å². The van der Waals surface area contributed by atoms with Crippen LogP contribution in [0.1, 0.15) is 31.1 Å². The molecule has 1 rings (SSSR count). The summed E-state index contributed by atoms with van der Waals surface area (Å²) < 4.78 is 26.5. The highest BCUT2D eigenvalue weighted by Gasteiger charge is 2.19. The largest absolute Gasteiger partial charge is 0.478 e. The van der Waals surface area contributed by atoms with E-state index < -0.39 is 16.0 Å². The molecule has 18 heavy (non-hydrogen) atoms. The van der Waals surface area contributed by atoms with Crippen molar-refractivity contribution in [2.75, 3.05) is 0 Å². The number of sulfonamides is 1. The number of carboxylic acid groups (broad SMARTS) is 1. The molecule has 0 aliphatic heterocycles. The van der Waals surface area contributed by atoms with E-state index in [0.717, 1.165) is 0 Å². The minimum atomic E-state index is -3.59. The Morgan fingerprint density at radius 3 is 2.06 bits per heavy atom. The number of hydrogen-bond acceptors (Lipinski definition) is 3. The lowest BCUT2D eigenvalue weighted by Crippen LogP contribution is -2.36. The van der Waals surface area contributed by atoms with Crippen LogP contribution in [0.15, 0.2) is 29.2 Å². The number of benzene rings is 1. The molecular formula is C12H17NO4S. The molecule has 2 N–H and O–H groups in total. The molecule has 1 atom stereocenters. The van der Waals surface area contributed by atoms with Gasteiger partial charge in [-0.1, -0.05) is 13.8 Å². The second-order valence-corrected chi connectivity index (χ2v) is 6.20. The molecule has 5 nitrogen and oxygen atoms in total. The van der Waals surface area contributed by atoms with Gasteiger partial charge in [0.15, 0.2) is 0 Å². The second kappa shape index (κ2) is 5.49. The summed E-state index contributed by atoms with van der Waals surface area (Å²) in [7, 11) is -3.59. The van der Waals surface area contributed by atoms with Crippen molar-refractivity contribution in [1.82, 2.24) is 4.72 Å². The molecule has 0 bridgehead atoms. The van der Waals surface area contributed by atoms with Gasteiger partial charge in [-0.25, -0.2) is 17.9 Å². The van der Waals surface area contributed by atoms with E-state index >= 15 is 0 Å². The maximum atomic E-state index is 12.0. The number of rotatable bonds is 5. The number of hydrogen-bond donors (Lipinski definition) is 2. The van der Waals surface area contributed by atoms with Crippen molar-refractivity contribution < 1.29 is 18.3 Å². The smallest absolute Gasteiger partial charge is 0.335 e. The van der Waals surface area contributed by atoms with Gasteiger partial charge in [-0.15, -0.1) is 0 Å². The predicted molar refractivity (Wildman–Crippen MR) is 68.0 cm³/mol. The molecule has 0 saturated heterocycles. The quantitative estimate of drug-likeness (QED) is 0.854. The molecule has 0 aliphatic rings. The van der Waals surface area contributed by atoms with Crippen LogP contribution in [-0.2, 0) is 10.0 Å². The van der Waals surface area contributed by atoms with Crippen molar-refractivity contribution >= 4 is 16.0 Å². The maximum absolute atomic E-state index is 12.0. The lowest BCUT2D eigenvalue weighted by molar-refractivity contribution is 0.0696. The Bertz CT molecular complexity index is 520. The van der Waals surface area contributed by atoms with E-state index in [1.54, 1.807) is 6.92 Å². The third-order valence-electron chi connectivity index (χ3n) is 2.75. The SMILES string of the molecule is CC(C)[C@H](C)NS(=O)(=O)c1ccc(C(=O)O)cc1. The van der Waals surface area contributed by atoms with E-state index in [0.29, 0.717) is 0 Å². The fourth-order valence-corrected chi connectivity index (χ4v) is 2.62. The highest BCUT2D eigenvalue weighted by atomic mass is 32.2. The van der Waals surface area contributed by atoms with Gasteiger partial charge in [-0.2, -0.15) is 0 Å². The number of nitrogens with one attached hydrogen (secondary N) is 1. The van der Waals surface area contributed by atoms with Crippen molar-refractivity contribution in [3.63, 3.8) is 0 Å². The van der Waals surface area contributed by atoms with Crippen LogP contribution in [-0.4, -0.2) is 25.5 Å². The first-order valence-electron chi connectivity index (χ1n) is 5.59. The van der Waals surface area contributed by atoms with E-state index in [4.69, 9.17) is 5.11 Å². The monoisotopic (exact) mass is 271 g/mol. The van der Waals surface area contributed by atoms with E-state index in [1.807, 2.05) is 13.8 Å². The first-order chi connectivity index (χ1) is 8.24. The number of carbonyl (C=O) groups is 1. The molecule has 1 aromatic carbocycles. The Balaban J connectivity index is 2.95. The first kappa shape index (κ1) is 14.7. The third-order valence-corrected chi connectivity index (χ3v) is 4.33. The minimum Gasteiger partial charge on any atom is -0.478 e. The average molecular weight is 271 g/mol. The molecule has 0 fully saturated rings. The molecule has 100 valence electrons. The van der Waals surface area contributed by atoms with Gasteiger partial charge in [-0.05, 0) is 37.1 Å². The lowest BCUT2D eigenvalue weighted by atomic mass is 10.1. The van der Waals surface area contributed by atoms with Gasteiger partial charge in [0, 0.05) is 6.04 Å². The number of aromatic carboxylic acids is 1. The van der Waals surface area contributed by atoms with Crippen LogP contribution in [0, 0.1) is 5.92 Å². The van der Waals surface area contributed by atoms with Crippen LogP contribution < -0.4 is 4.72 Å². The summed E-state index contributed by atoms with van der Waals surface area (Å²) in [4.78, 5) is 10.7. The summed E-state index contributed by atoms with van der Waals surface area (Å²) in [6.07, 6.45) is 0. The van der Waals surface area contributed by atoms with Gasteiger partial charge in [0.1, 0.15) is 0 Å². The van der Waals surface area contributed by atoms with Gasteiger partial charge in [0.05, 0.1) is 10.5 Å². The molecule has 6 heteroatoms. The molecule has 0 saturated carbocycles. The summed E-state index contributed by atoms with van der Waals surface area (Å²) in [6, 6.07) is 4.94. The summed E-state index contributed by atoms with van der Waals surface area (Å²) >= 11 is 0. The zero-order valence-corrected chi connectivity index (χ0v) is 11.4. The summed E-state index contributed by atoms with van der Waals surface area (Å²) in [5, 5.41) is 8.73. The van der Waals surface area contributed by atoms with Crippen molar-refractivity contribution in [3.05, 3.63) is 29.8 Å². The average Bonchev–Trinajstić information content (AvgIpc) is 2.28. The van der Waals surface area contributed by atoms with E-state index in [2.05, 4.69) is 4.72 Å². The summed E-state index contributed by atoms with van der Waals surface area (Å²) in [5.41, 5.74) is 0.0610. The first-order valence-corrected chi connectivity index (χ1v) is 7.08. The standard InChI is InChI=1S/C12H17NO4S/c1-8(2)9(3)13-18(16,17)11-6-4-10(5-7-11)12(14)15/h4-9,13H,1-3H3,(H,14,15)/t9-/m0/s1. The topological polar surface area (TPSA) is 83.5 Å². The zero-order chi connectivity index (χ0) is 13.9. The van der Waals surface area contributed by atoms with Crippen LogP contribution in [0.3, 0.4) is 0 Å². The lowest BCUT2D eigenvalue weighted by Gasteiger charge is -2.17. The van der Waals surface area contributed by atoms with Gasteiger partial charge in [0.2, 0.25) is 10.0 Å². The zero-order valence-electron chi connectivity index (χ0n) is 10.5. The fourth-order valence-electron chi connectivity index (χ4n) is 1.23. The van der Waals surface area contributed by atoms with Crippen molar-refractivity contribution in [2.45, 2.75) is 31.7 Å². The maximum Gasteiger partial charge on any atom is 0.335 e. The van der Waals surface area contributed by atoms with E-state index in [9.17, 15) is 13.2 Å². The van der Waals surface area contributed by atoms with Crippen molar-refractivity contribution in [3.8, 4) is 0 Å². The second-order valence-electron chi connectivity index (χ2n) is 4.48. The number of carboxylic acids is 1. The van der Waals surface area contributed by atoms with E-state index in [1.165, 1.54) is 24.3 Å². The summed E-state index contributed by atoms with van der Waals surface area (Å²) in [6.45, 7) is 5.62. The molecule has 0 aliphatic carbocycles. The highest BCUT2D eigenvalue weighted by molar-refractivity contribution is 7.89. The van der Waals surface area contributed by atoms with Crippen LogP contribution in [0.5, 0.6) is 0 Å². The van der Waals surface area contributed by atoms with Crippen LogP contribution in [0.2, 0.25) is 0 Å². The van der Waals surface area contributed by atoms with Gasteiger partial charge in [0.25, 0.3) is 0 Å². The summed E-state index contributed by atoms with van der Waals surface area (Å²) in [5.74, 6) is -0.902. The third kappa shape index (κ3) is 3.54. The van der Waals surface area contributed by atoms with Crippen LogP contribution >= 0.6 is 0 Å². The fraction of sp³-hybridized carbons (Fsp3) is 0.417. The molecule has 1 aromatic rings. The van der Waals surface area contributed by atoms with E-state index in [-0.39, 0.29) is 22.4 Å². The Morgan fingerprint density at radius 2 is 1.67 bits per heavy atom. The van der Waals surface area contributed by atoms with Crippen molar-refractivity contribution in [2.24, 2.45) is 5.92 Å². The Hall–Kier alpha value is -1.40. The molecule has 0 unspecified atom stereocenters. The minimum absolute atomic E-state index is 0.0610. The molecule has 0 aromatic heterocycles. The van der Waals surface area contributed by atoms with Gasteiger partial charge < -0.3 is 5.11 Å². The highest BCUT2D eigenvalue weighted by Crippen LogP contribution is 2.12. The van der Waals surface area contributed by atoms with Gasteiger partial charge >= 0.3 is 5.97 Å². The molecule has 0 radical (unpaired) electrons. The Labute approximate surface area is 107 Å². The van der Waals surface area contributed by atoms with Crippen molar-refractivity contribution in [1.29, 1.82) is 0 Å². The molecule has 0 amide bonds. The van der Waals surface area contributed by atoms with Crippen LogP contribution in [0.25, 0.3) is 0 Å². The Morgan fingerprint density at radius 1 is 1.17 bits per heavy atom. The molecular weight excluding hydrogens is 254 g/mol.